The van der Waals surface area contributed by atoms with E-state index in [1.54, 1.807) is 13.8 Å². The van der Waals surface area contributed by atoms with Crippen LogP contribution in [0.4, 0.5) is 4.79 Å². The lowest BCUT2D eigenvalue weighted by atomic mass is 9.93. The molecule has 0 aromatic heterocycles. The number of carbonyl (C=O) groups is 2. The lowest BCUT2D eigenvalue weighted by Gasteiger charge is -2.30. The van der Waals surface area contributed by atoms with Gasteiger partial charge in [-0.1, -0.05) is 34.6 Å². The van der Waals surface area contributed by atoms with E-state index >= 15 is 0 Å². The second-order valence-corrected chi connectivity index (χ2v) is 4.95. The van der Waals surface area contributed by atoms with E-state index in [0.29, 0.717) is 18.8 Å². The van der Waals surface area contributed by atoms with Crippen LogP contribution < -0.4 is 10.6 Å². The Hall–Kier alpha value is -1.26. The zero-order valence-electron chi connectivity index (χ0n) is 12.0. The Bertz CT molecular complexity index is 286. The van der Waals surface area contributed by atoms with Gasteiger partial charge in [-0.15, -0.1) is 0 Å². The molecule has 0 bridgehead atoms. The van der Waals surface area contributed by atoms with Crippen LogP contribution in [0.1, 0.15) is 53.9 Å². The van der Waals surface area contributed by atoms with Crippen LogP contribution in [0.15, 0.2) is 0 Å². The highest BCUT2D eigenvalue weighted by molar-refractivity contribution is 5.86. The van der Waals surface area contributed by atoms with Crippen molar-refractivity contribution in [1.29, 1.82) is 0 Å². The molecular weight excluding hydrogens is 232 g/mol. The predicted octanol–water partition coefficient (Wildman–Crippen LogP) is 2.36. The minimum absolute atomic E-state index is 0.0604. The van der Waals surface area contributed by atoms with Crippen molar-refractivity contribution >= 4 is 12.0 Å². The molecular formula is C13H26N2O3. The largest absolute Gasteiger partial charge is 0.480 e. The molecule has 0 aliphatic heterocycles. The number of urea groups is 1. The molecule has 0 rings (SSSR count). The number of hydrogen-bond acceptors (Lipinski definition) is 2. The zero-order chi connectivity index (χ0) is 14.3. The molecule has 5 nitrogen and oxygen atoms in total. The summed E-state index contributed by atoms with van der Waals surface area (Å²) >= 11 is 0. The Morgan fingerprint density at radius 1 is 1.17 bits per heavy atom. The molecule has 106 valence electrons. The lowest BCUT2D eigenvalue weighted by molar-refractivity contribution is -0.144. The van der Waals surface area contributed by atoms with Gasteiger partial charge in [-0.05, 0) is 25.2 Å². The molecule has 0 saturated heterocycles. The van der Waals surface area contributed by atoms with Gasteiger partial charge in [0.25, 0.3) is 0 Å². The van der Waals surface area contributed by atoms with Gasteiger partial charge in [0.2, 0.25) is 0 Å². The third-order valence-corrected chi connectivity index (χ3v) is 3.53. The summed E-state index contributed by atoms with van der Waals surface area (Å²) < 4.78 is 0. The first kappa shape index (κ1) is 16.7. The minimum atomic E-state index is -1.17. The smallest absolute Gasteiger partial charge is 0.329 e. The van der Waals surface area contributed by atoms with Crippen LogP contribution in [0.3, 0.4) is 0 Å². The third kappa shape index (κ3) is 4.20. The lowest BCUT2D eigenvalue weighted by Crippen LogP contribution is -2.58. The fraction of sp³-hybridized carbons (Fsp3) is 0.846. The van der Waals surface area contributed by atoms with Crippen LogP contribution in [0.2, 0.25) is 0 Å². The fourth-order valence-electron chi connectivity index (χ4n) is 1.94. The third-order valence-electron chi connectivity index (χ3n) is 3.53. The number of carboxylic acid groups (broad SMARTS) is 1. The molecule has 2 amide bonds. The second-order valence-electron chi connectivity index (χ2n) is 4.95. The van der Waals surface area contributed by atoms with Crippen molar-refractivity contribution in [1.82, 2.24) is 10.6 Å². The molecule has 0 aliphatic rings. The summed E-state index contributed by atoms with van der Waals surface area (Å²) in [4.78, 5) is 23.1. The van der Waals surface area contributed by atoms with Gasteiger partial charge in [-0.2, -0.15) is 0 Å². The Balaban J connectivity index is 4.67. The molecule has 3 N–H and O–H groups in total. The Kier molecular flexibility index (Phi) is 6.73. The van der Waals surface area contributed by atoms with Crippen LogP contribution in [0.25, 0.3) is 0 Å². The molecule has 0 spiro atoms. The topological polar surface area (TPSA) is 78.4 Å². The van der Waals surface area contributed by atoms with Gasteiger partial charge >= 0.3 is 12.0 Å². The average molecular weight is 258 g/mol. The molecule has 18 heavy (non-hydrogen) atoms. The van der Waals surface area contributed by atoms with Crippen molar-refractivity contribution in [2.45, 2.75) is 65.5 Å². The zero-order valence-corrected chi connectivity index (χ0v) is 12.0. The summed E-state index contributed by atoms with van der Waals surface area (Å²) in [5, 5.41) is 14.7. The molecule has 0 aliphatic carbocycles. The van der Waals surface area contributed by atoms with Crippen LogP contribution >= 0.6 is 0 Å². The molecule has 0 fully saturated rings. The van der Waals surface area contributed by atoms with Crippen molar-refractivity contribution in [3.63, 3.8) is 0 Å². The SMILES string of the molecule is CCC(NC(=O)NC(CC)(CC)C(=O)O)C(C)C. The first-order valence-electron chi connectivity index (χ1n) is 6.65. The van der Waals surface area contributed by atoms with Gasteiger partial charge in [0, 0.05) is 6.04 Å². The Morgan fingerprint density at radius 2 is 1.67 bits per heavy atom. The molecule has 0 radical (unpaired) electrons. The number of nitrogens with one attached hydrogen (secondary N) is 2. The highest BCUT2D eigenvalue weighted by Gasteiger charge is 2.36. The van der Waals surface area contributed by atoms with E-state index in [9.17, 15) is 14.7 Å². The summed E-state index contributed by atoms with van der Waals surface area (Å²) in [6.07, 6.45) is 1.55. The van der Waals surface area contributed by atoms with E-state index in [1.165, 1.54) is 0 Å². The van der Waals surface area contributed by atoms with Crippen molar-refractivity contribution in [3.8, 4) is 0 Å². The van der Waals surface area contributed by atoms with Crippen molar-refractivity contribution in [3.05, 3.63) is 0 Å². The van der Waals surface area contributed by atoms with E-state index in [1.807, 2.05) is 20.8 Å². The van der Waals surface area contributed by atoms with E-state index in [0.717, 1.165) is 6.42 Å². The summed E-state index contributed by atoms with van der Waals surface area (Å²) in [5.74, 6) is -0.663. The van der Waals surface area contributed by atoms with Crippen molar-refractivity contribution in [2.24, 2.45) is 5.92 Å². The molecule has 0 heterocycles. The monoisotopic (exact) mass is 258 g/mol. The standard InChI is InChI=1S/C13H26N2O3/c1-6-10(9(4)5)14-12(18)15-13(7-2,8-3)11(16)17/h9-10H,6-8H2,1-5H3,(H,16,17)(H2,14,15,18). The molecule has 5 heteroatoms. The quantitative estimate of drug-likeness (QED) is 0.656. The van der Waals surface area contributed by atoms with E-state index < -0.39 is 17.5 Å². The van der Waals surface area contributed by atoms with Crippen LogP contribution in [0.5, 0.6) is 0 Å². The predicted molar refractivity (Wildman–Crippen MR) is 71.5 cm³/mol. The first-order chi connectivity index (χ1) is 8.32. The highest BCUT2D eigenvalue weighted by atomic mass is 16.4. The van der Waals surface area contributed by atoms with Crippen LogP contribution in [0, 0.1) is 5.92 Å². The van der Waals surface area contributed by atoms with Gasteiger partial charge in [0.1, 0.15) is 5.54 Å². The summed E-state index contributed by atoms with van der Waals surface area (Å²) in [5.41, 5.74) is -1.17. The van der Waals surface area contributed by atoms with Gasteiger partial charge < -0.3 is 15.7 Å². The molecule has 1 unspecified atom stereocenters. The van der Waals surface area contributed by atoms with Gasteiger partial charge in [0.15, 0.2) is 0 Å². The summed E-state index contributed by atoms with van der Waals surface area (Å²) in [6, 6.07) is -0.341. The first-order valence-corrected chi connectivity index (χ1v) is 6.65. The van der Waals surface area contributed by atoms with Crippen molar-refractivity contribution < 1.29 is 14.7 Å². The number of hydrogen-bond donors (Lipinski definition) is 3. The fourth-order valence-corrected chi connectivity index (χ4v) is 1.94. The minimum Gasteiger partial charge on any atom is -0.480 e. The number of carboxylic acids is 1. The molecule has 0 aromatic carbocycles. The van der Waals surface area contributed by atoms with Gasteiger partial charge in [-0.25, -0.2) is 9.59 Å². The number of aliphatic carboxylic acids is 1. The van der Waals surface area contributed by atoms with E-state index in [2.05, 4.69) is 10.6 Å². The van der Waals surface area contributed by atoms with E-state index in [4.69, 9.17) is 0 Å². The maximum Gasteiger partial charge on any atom is 0.329 e. The summed E-state index contributed by atoms with van der Waals surface area (Å²) in [7, 11) is 0. The number of rotatable bonds is 7. The molecule has 0 saturated carbocycles. The maximum absolute atomic E-state index is 11.9. The normalized spacial score (nSPS) is 13.2. The molecule has 1 atom stereocenters. The Morgan fingerprint density at radius 3 is 1.94 bits per heavy atom. The Labute approximate surface area is 109 Å². The van der Waals surface area contributed by atoms with Gasteiger partial charge in [-0.3, -0.25) is 0 Å². The van der Waals surface area contributed by atoms with Crippen molar-refractivity contribution in [2.75, 3.05) is 0 Å². The van der Waals surface area contributed by atoms with Gasteiger partial charge in [0.05, 0.1) is 0 Å². The van der Waals surface area contributed by atoms with Crippen LogP contribution in [-0.4, -0.2) is 28.7 Å². The van der Waals surface area contributed by atoms with Crippen LogP contribution in [-0.2, 0) is 4.79 Å². The second kappa shape index (κ2) is 7.24. The molecule has 0 aromatic rings. The number of carbonyl (C=O) groups excluding carboxylic acids is 1. The number of amides is 2. The average Bonchev–Trinajstić information content (AvgIpc) is 2.32. The maximum atomic E-state index is 11.9. The van der Waals surface area contributed by atoms with E-state index in [-0.39, 0.29) is 6.04 Å². The summed E-state index contributed by atoms with van der Waals surface area (Å²) in [6.45, 7) is 9.57. The highest BCUT2D eigenvalue weighted by Crippen LogP contribution is 2.15.